The Bertz CT molecular complexity index is 1060. The van der Waals surface area contributed by atoms with Crippen LogP contribution >= 0.6 is 0 Å². The predicted octanol–water partition coefficient (Wildman–Crippen LogP) is 4.08. The van der Waals surface area contributed by atoms with E-state index in [1.807, 2.05) is 24.3 Å². The molecule has 3 atom stereocenters. The molecule has 0 aliphatic heterocycles. The average molecular weight is 389 g/mol. The van der Waals surface area contributed by atoms with Gasteiger partial charge in [0.25, 0.3) is 5.91 Å². The van der Waals surface area contributed by atoms with Crippen molar-refractivity contribution in [2.45, 2.75) is 32.1 Å². The summed E-state index contributed by atoms with van der Waals surface area (Å²) in [5.41, 5.74) is 6.91. The van der Waals surface area contributed by atoms with Crippen molar-refractivity contribution in [3.8, 4) is 11.5 Å². The fourth-order valence-corrected chi connectivity index (χ4v) is 5.02. The second-order valence-corrected chi connectivity index (χ2v) is 8.19. The highest BCUT2D eigenvalue weighted by molar-refractivity contribution is 6.07. The molecule has 0 unspecified atom stereocenters. The first kappa shape index (κ1) is 17.9. The molecule has 6 heteroatoms. The van der Waals surface area contributed by atoms with E-state index in [2.05, 4.69) is 15.8 Å². The van der Waals surface area contributed by atoms with Crippen molar-refractivity contribution in [3.63, 3.8) is 0 Å². The monoisotopic (exact) mass is 389 g/mol. The topological polar surface area (TPSA) is 84.2 Å². The van der Waals surface area contributed by atoms with Crippen LogP contribution in [-0.4, -0.2) is 16.8 Å². The standard InChI is InChI=1S/C23H23N3O3/c27-22(12-16-11-14-7-8-15(16)10-14)25-26-23(28)18-13-20(21-6-3-9-29-21)24-19-5-2-1-4-17(18)19/h1-6,9,13-16H,7-8,10-12H2,(H,25,27)(H,26,28)/t14-,15+,16-/m0/s1. The van der Waals surface area contributed by atoms with Gasteiger partial charge in [0.15, 0.2) is 5.76 Å². The van der Waals surface area contributed by atoms with Crippen molar-refractivity contribution in [1.82, 2.24) is 15.8 Å². The smallest absolute Gasteiger partial charge is 0.270 e. The van der Waals surface area contributed by atoms with Gasteiger partial charge in [-0.25, -0.2) is 4.98 Å². The maximum Gasteiger partial charge on any atom is 0.270 e. The van der Waals surface area contributed by atoms with Crippen molar-refractivity contribution in [2.75, 3.05) is 0 Å². The van der Waals surface area contributed by atoms with Gasteiger partial charge in [-0.15, -0.1) is 0 Å². The first-order valence-corrected chi connectivity index (χ1v) is 10.2. The van der Waals surface area contributed by atoms with E-state index in [1.165, 1.54) is 19.3 Å². The number of hydrogen-bond acceptors (Lipinski definition) is 4. The molecular weight excluding hydrogens is 366 g/mol. The minimum absolute atomic E-state index is 0.125. The van der Waals surface area contributed by atoms with E-state index in [9.17, 15) is 9.59 Å². The first-order valence-electron chi connectivity index (χ1n) is 10.2. The molecule has 2 heterocycles. The fourth-order valence-electron chi connectivity index (χ4n) is 5.02. The van der Waals surface area contributed by atoms with Crippen molar-refractivity contribution >= 4 is 22.7 Å². The third-order valence-corrected chi connectivity index (χ3v) is 6.38. The molecule has 2 bridgehead atoms. The molecule has 5 rings (SSSR count). The summed E-state index contributed by atoms with van der Waals surface area (Å²) in [4.78, 5) is 29.8. The molecule has 2 N–H and O–H groups in total. The Morgan fingerprint density at radius 1 is 1.07 bits per heavy atom. The zero-order chi connectivity index (χ0) is 19.8. The number of hydrazine groups is 1. The minimum atomic E-state index is -0.363. The molecule has 29 heavy (non-hydrogen) atoms. The molecule has 0 spiro atoms. The summed E-state index contributed by atoms with van der Waals surface area (Å²) in [7, 11) is 0. The van der Waals surface area contributed by atoms with E-state index in [4.69, 9.17) is 4.42 Å². The number of nitrogens with one attached hydrogen (secondary N) is 2. The summed E-state index contributed by atoms with van der Waals surface area (Å²) in [6, 6.07) is 12.7. The number of carbonyl (C=O) groups is 2. The zero-order valence-electron chi connectivity index (χ0n) is 16.1. The summed E-state index contributed by atoms with van der Waals surface area (Å²) >= 11 is 0. The van der Waals surface area contributed by atoms with E-state index < -0.39 is 0 Å². The number of nitrogens with zero attached hydrogens (tertiary/aromatic N) is 1. The van der Waals surface area contributed by atoms with Gasteiger partial charge in [-0.2, -0.15) is 0 Å². The van der Waals surface area contributed by atoms with E-state index in [1.54, 1.807) is 24.5 Å². The lowest BCUT2D eigenvalue weighted by Crippen LogP contribution is -2.42. The number of amides is 2. The van der Waals surface area contributed by atoms with Crippen LogP contribution in [0.1, 0.15) is 42.5 Å². The van der Waals surface area contributed by atoms with Crippen molar-refractivity contribution in [2.24, 2.45) is 17.8 Å². The fraction of sp³-hybridized carbons (Fsp3) is 0.348. The third-order valence-electron chi connectivity index (χ3n) is 6.38. The van der Waals surface area contributed by atoms with E-state index in [0.717, 1.165) is 17.7 Å². The number of benzene rings is 1. The molecule has 2 aliphatic carbocycles. The van der Waals surface area contributed by atoms with E-state index in [-0.39, 0.29) is 11.8 Å². The molecule has 0 radical (unpaired) electrons. The highest BCUT2D eigenvalue weighted by atomic mass is 16.3. The number of fused-ring (bicyclic) bond motifs is 3. The second kappa shape index (κ2) is 7.35. The molecule has 3 aromatic rings. The lowest BCUT2D eigenvalue weighted by Gasteiger charge is -2.21. The van der Waals surface area contributed by atoms with Crippen LogP contribution < -0.4 is 10.9 Å². The van der Waals surface area contributed by atoms with Crippen LogP contribution in [-0.2, 0) is 4.79 Å². The van der Waals surface area contributed by atoms with Crippen molar-refractivity contribution in [1.29, 1.82) is 0 Å². The largest absolute Gasteiger partial charge is 0.463 e. The second-order valence-electron chi connectivity index (χ2n) is 8.19. The summed E-state index contributed by atoms with van der Waals surface area (Å²) in [6.07, 6.45) is 7.02. The van der Waals surface area contributed by atoms with Gasteiger partial charge in [-0.05, 0) is 61.3 Å². The van der Waals surface area contributed by atoms with Gasteiger partial charge in [-0.3, -0.25) is 20.4 Å². The molecule has 1 aromatic carbocycles. The Kier molecular flexibility index (Phi) is 4.54. The van der Waals surface area contributed by atoms with Gasteiger partial charge >= 0.3 is 0 Å². The molecule has 2 amide bonds. The predicted molar refractivity (Wildman–Crippen MR) is 109 cm³/mol. The third kappa shape index (κ3) is 3.50. The maximum atomic E-state index is 12.9. The van der Waals surface area contributed by atoms with Crippen molar-refractivity contribution in [3.05, 3.63) is 54.3 Å². The lowest BCUT2D eigenvalue weighted by atomic mass is 9.86. The number of carbonyl (C=O) groups excluding carboxylic acids is 2. The van der Waals surface area contributed by atoms with E-state index >= 15 is 0 Å². The summed E-state index contributed by atoms with van der Waals surface area (Å²) in [6.45, 7) is 0. The Morgan fingerprint density at radius 2 is 1.97 bits per heavy atom. The number of hydrogen-bond donors (Lipinski definition) is 2. The van der Waals surface area contributed by atoms with Gasteiger partial charge in [0.1, 0.15) is 5.69 Å². The first-order chi connectivity index (χ1) is 14.2. The molecule has 148 valence electrons. The quantitative estimate of drug-likeness (QED) is 0.659. The van der Waals surface area contributed by atoms with Crippen LogP contribution in [0.4, 0.5) is 0 Å². The highest BCUT2D eigenvalue weighted by Gasteiger charge is 2.40. The number of rotatable bonds is 4. The molecule has 2 aliphatic rings. The highest BCUT2D eigenvalue weighted by Crippen LogP contribution is 2.49. The maximum absolute atomic E-state index is 12.9. The van der Waals surface area contributed by atoms with Gasteiger partial charge in [0, 0.05) is 11.8 Å². The van der Waals surface area contributed by atoms with Crippen LogP contribution in [0.2, 0.25) is 0 Å². The van der Waals surface area contributed by atoms with Crippen LogP contribution in [0.15, 0.2) is 53.1 Å². The average Bonchev–Trinajstić information content (AvgIpc) is 3.49. The Morgan fingerprint density at radius 3 is 2.72 bits per heavy atom. The number of furan rings is 1. The van der Waals surface area contributed by atoms with Crippen LogP contribution in [0.3, 0.4) is 0 Å². The van der Waals surface area contributed by atoms with Gasteiger partial charge in [0.05, 0.1) is 17.3 Å². The van der Waals surface area contributed by atoms with E-state index in [0.29, 0.717) is 40.8 Å². The van der Waals surface area contributed by atoms with Crippen molar-refractivity contribution < 1.29 is 14.0 Å². The molecule has 2 aromatic heterocycles. The van der Waals surface area contributed by atoms with Crippen LogP contribution in [0, 0.1) is 17.8 Å². The Balaban J connectivity index is 1.32. The molecule has 2 saturated carbocycles. The Hall–Kier alpha value is -3.15. The number of aromatic nitrogens is 1. The zero-order valence-corrected chi connectivity index (χ0v) is 16.1. The normalized spacial score (nSPS) is 22.7. The summed E-state index contributed by atoms with van der Waals surface area (Å²) in [5, 5.41) is 0.725. The Labute approximate surface area is 168 Å². The molecular formula is C23H23N3O3. The molecule has 6 nitrogen and oxygen atoms in total. The number of pyridine rings is 1. The van der Waals surface area contributed by atoms with Gasteiger partial charge in [0.2, 0.25) is 5.91 Å². The number of para-hydroxylation sites is 1. The van der Waals surface area contributed by atoms with Crippen LogP contribution in [0.5, 0.6) is 0 Å². The lowest BCUT2D eigenvalue weighted by molar-refractivity contribution is -0.123. The molecule has 2 fully saturated rings. The SMILES string of the molecule is O=C(C[C@@H]1C[C@H]2CC[C@@H]1C2)NNC(=O)c1cc(-c2ccco2)nc2ccccc12. The van der Waals surface area contributed by atoms with Crippen LogP contribution in [0.25, 0.3) is 22.4 Å². The summed E-state index contributed by atoms with van der Waals surface area (Å²) < 4.78 is 5.44. The minimum Gasteiger partial charge on any atom is -0.463 e. The molecule has 0 saturated heterocycles. The van der Waals surface area contributed by atoms with Gasteiger partial charge in [-0.1, -0.05) is 24.6 Å². The summed E-state index contributed by atoms with van der Waals surface area (Å²) in [5.74, 6) is 2.04. The van der Waals surface area contributed by atoms with Gasteiger partial charge < -0.3 is 4.42 Å².